The van der Waals surface area contributed by atoms with E-state index in [1.807, 2.05) is 0 Å². The van der Waals surface area contributed by atoms with Crippen molar-refractivity contribution >= 4 is 75.8 Å². The summed E-state index contributed by atoms with van der Waals surface area (Å²) in [4.78, 5) is 30.9. The van der Waals surface area contributed by atoms with Crippen molar-refractivity contribution in [2.24, 2.45) is 0 Å². The summed E-state index contributed by atoms with van der Waals surface area (Å²) in [6.07, 6.45) is 22.4. The topological polar surface area (TPSA) is 51.2 Å². The molecule has 0 aliphatic carbocycles. The zero-order valence-corrected chi connectivity index (χ0v) is 28.6. The number of carbonyl (C=O) groups is 3. The minimum absolute atomic E-state index is 0.0866. The Morgan fingerprint density at radius 2 is 0.657 bits per heavy atom. The van der Waals surface area contributed by atoms with Gasteiger partial charge in [0.15, 0.2) is 0 Å². The quantitative estimate of drug-likeness (QED) is 0.0745. The molecule has 0 amide bonds. The molecule has 0 saturated carbocycles. The fourth-order valence-electron chi connectivity index (χ4n) is 2.80. The Morgan fingerprint density at radius 1 is 0.429 bits per heavy atom. The number of hydrogen-bond acceptors (Lipinski definition) is 6. The van der Waals surface area contributed by atoms with E-state index >= 15 is 0 Å². The van der Waals surface area contributed by atoms with Crippen LogP contribution in [-0.4, -0.2) is 37.9 Å². The fourth-order valence-corrected chi connectivity index (χ4v) is 4.24. The molecule has 0 unspecified atom stereocenters. The second-order valence-electron chi connectivity index (χ2n) is 8.71. The van der Waals surface area contributed by atoms with Gasteiger partial charge in [-0.25, -0.2) is 0 Å². The Kier molecular flexibility index (Phi) is 50.6. The number of carbonyl (C=O) groups excluding carboxylic acids is 3. The van der Waals surface area contributed by atoms with Gasteiger partial charge in [0, 0.05) is 15.3 Å². The van der Waals surface area contributed by atoms with Gasteiger partial charge in [-0.1, -0.05) is 97.8 Å². The van der Waals surface area contributed by atoms with E-state index in [0.717, 1.165) is 38.5 Å². The van der Waals surface area contributed by atoms with Gasteiger partial charge >= 0.3 is 46.7 Å². The molecule has 0 aromatic carbocycles. The third-order valence-electron chi connectivity index (χ3n) is 4.98. The summed E-state index contributed by atoms with van der Waals surface area (Å²) >= 11 is 14.9. The molecule has 206 valence electrons. The van der Waals surface area contributed by atoms with Crippen LogP contribution in [0.15, 0.2) is 0 Å². The number of hydrogen-bond donors (Lipinski definition) is 0. The van der Waals surface area contributed by atoms with Crippen molar-refractivity contribution in [2.75, 3.05) is 0 Å². The molecule has 3 nitrogen and oxygen atoms in total. The molecule has 7 heteroatoms. The maximum absolute atomic E-state index is 10.3. The molecule has 0 saturated heterocycles. The molecular weight excluding hydrogens is 599 g/mol. The molecule has 0 fully saturated rings. The minimum atomic E-state index is -0.0866. The number of rotatable bonds is 20. The van der Waals surface area contributed by atoms with Gasteiger partial charge in [-0.3, -0.25) is 0 Å². The molecule has 0 aromatic rings. The van der Waals surface area contributed by atoms with Gasteiger partial charge in [-0.05, 0) is 38.5 Å². The van der Waals surface area contributed by atoms with E-state index in [4.69, 9.17) is 0 Å². The van der Waals surface area contributed by atoms with Crippen LogP contribution in [0.3, 0.4) is 0 Å². The molecule has 0 rings (SSSR count). The molecule has 0 radical (unpaired) electrons. The summed E-state index contributed by atoms with van der Waals surface area (Å²) in [5.74, 6) is 0. The van der Waals surface area contributed by atoms with Crippen LogP contribution in [0, 0.1) is 0 Å². The first kappa shape index (κ1) is 42.6. The first-order valence-electron chi connectivity index (χ1n) is 14.0. The first-order chi connectivity index (χ1) is 16.7. The normalized spacial score (nSPS) is 9.54. The van der Waals surface area contributed by atoms with E-state index in [1.165, 1.54) is 75.1 Å². The van der Waals surface area contributed by atoms with Crippen molar-refractivity contribution < 1.29 is 14.4 Å². The average molecular weight is 654 g/mol. The molecule has 0 heterocycles. The van der Waals surface area contributed by atoms with Crippen LogP contribution in [0.4, 0.5) is 0 Å². The van der Waals surface area contributed by atoms with Crippen molar-refractivity contribution in [3.05, 3.63) is 0 Å². The van der Waals surface area contributed by atoms with Crippen LogP contribution in [0.2, 0.25) is 4.44 Å². The van der Waals surface area contributed by atoms with Gasteiger partial charge in [0.25, 0.3) is 0 Å². The Morgan fingerprint density at radius 3 is 0.800 bits per heavy atom. The summed E-state index contributed by atoms with van der Waals surface area (Å²) in [7, 11) is 0. The summed E-state index contributed by atoms with van der Waals surface area (Å²) in [5, 5.41) is -0.260. The van der Waals surface area contributed by atoms with Crippen LogP contribution >= 0.6 is 0 Å². The molecule has 0 N–H and O–H groups in total. The van der Waals surface area contributed by atoms with Gasteiger partial charge < -0.3 is 52.3 Å². The van der Waals surface area contributed by atoms with E-state index in [9.17, 15) is 14.4 Å². The molecule has 0 atom stereocenters. The van der Waals surface area contributed by atoms with E-state index in [-0.39, 0.29) is 15.3 Å². The van der Waals surface area contributed by atoms with Crippen molar-refractivity contribution in [1.82, 2.24) is 0 Å². The molecule has 35 heavy (non-hydrogen) atoms. The van der Waals surface area contributed by atoms with Gasteiger partial charge in [-0.2, -0.15) is 0 Å². The maximum atomic E-state index is 10.3. The SMILES string of the molecule is CCCCCCCC(=O)[S-].CCCCCCCC(=O)[S-].CCCCCCCC(=O)[S-].CCC[CH2][Sn+3]. The predicted octanol–water partition coefficient (Wildman–Crippen LogP) is 8.63. The third-order valence-corrected chi connectivity index (χ3v) is 6.61. The van der Waals surface area contributed by atoms with E-state index in [2.05, 4.69) is 65.6 Å². The standard InChI is InChI=1S/3C8H16OS.C4H9.Sn/c3*1-2-3-4-5-6-7-8(9)10;1-3-4-2;/h3*2-7H2,1H3,(H,9,10);1,3-4H2,2H3;/q;;;;+3/p-3. The summed E-state index contributed by atoms with van der Waals surface area (Å²) in [6.45, 7) is 8.76. The monoisotopic (exact) mass is 654 g/mol. The summed E-state index contributed by atoms with van der Waals surface area (Å²) in [5.41, 5.74) is 0. The number of unbranched alkanes of at least 4 members (excludes halogenated alkanes) is 13. The molecule has 0 bridgehead atoms. The third kappa shape index (κ3) is 66.0. The van der Waals surface area contributed by atoms with Crippen LogP contribution in [0.1, 0.15) is 156 Å². The van der Waals surface area contributed by atoms with Gasteiger partial charge in [0.1, 0.15) is 0 Å². The van der Waals surface area contributed by atoms with Crippen LogP contribution in [0.25, 0.3) is 0 Å². The van der Waals surface area contributed by atoms with Crippen molar-refractivity contribution in [3.63, 3.8) is 0 Å². The zero-order valence-electron chi connectivity index (χ0n) is 23.3. The first-order valence-corrected chi connectivity index (χ1v) is 17.2. The predicted molar refractivity (Wildman–Crippen MR) is 163 cm³/mol. The average Bonchev–Trinajstić information content (AvgIpc) is 2.80. The van der Waals surface area contributed by atoms with Gasteiger partial charge in [-0.15, -0.1) is 0 Å². The Bertz CT molecular complexity index is 377. The second-order valence-corrected chi connectivity index (χ2v) is 11.5. The van der Waals surface area contributed by atoms with Gasteiger partial charge in [0.2, 0.25) is 0 Å². The van der Waals surface area contributed by atoms with Crippen molar-refractivity contribution in [1.29, 1.82) is 0 Å². The Balaban J connectivity index is -0.000000188. The summed E-state index contributed by atoms with van der Waals surface area (Å²) in [6, 6.07) is 0. The van der Waals surface area contributed by atoms with Crippen LogP contribution in [-0.2, 0) is 52.3 Å². The van der Waals surface area contributed by atoms with Crippen LogP contribution < -0.4 is 0 Å². The van der Waals surface area contributed by atoms with Crippen molar-refractivity contribution in [3.8, 4) is 0 Å². The summed E-state index contributed by atoms with van der Waals surface area (Å²) < 4.78 is 1.43. The van der Waals surface area contributed by atoms with E-state index in [0.29, 0.717) is 19.3 Å². The Hall–Kier alpha value is 0.469. The Labute approximate surface area is 249 Å². The molecule has 0 aliphatic heterocycles. The van der Waals surface area contributed by atoms with E-state index in [1.54, 1.807) is 22.5 Å². The molecule has 0 spiro atoms. The molecule has 0 aromatic heterocycles. The zero-order chi connectivity index (χ0) is 27.6. The molecule has 0 aliphatic rings. The second kappa shape index (κ2) is 41.6. The van der Waals surface area contributed by atoms with Gasteiger partial charge in [0.05, 0.1) is 0 Å². The fraction of sp³-hybridized carbons (Fsp3) is 0.893. The van der Waals surface area contributed by atoms with Crippen LogP contribution in [0.5, 0.6) is 0 Å². The van der Waals surface area contributed by atoms with Crippen molar-refractivity contribution in [2.45, 2.75) is 161 Å². The van der Waals surface area contributed by atoms with E-state index < -0.39 is 0 Å². The molecular formula is C28H54O3S3Sn.